The highest BCUT2D eigenvalue weighted by molar-refractivity contribution is 5.75. The van der Waals surface area contributed by atoms with Crippen molar-refractivity contribution in [2.24, 2.45) is 0 Å². The Bertz CT molecular complexity index is 738. The maximum Gasteiger partial charge on any atom is 0.409 e. The summed E-state index contributed by atoms with van der Waals surface area (Å²) < 4.78 is 4.75. The summed E-state index contributed by atoms with van der Waals surface area (Å²) in [4.78, 5) is 28.0. The molecule has 3 rings (SSSR count). The highest BCUT2D eigenvalue weighted by Gasteiger charge is 2.21. The standard InChI is InChI=1S/C22H28N4O3/c1-29-22(28)26-16-14-25(15-17-26)13-12-23-21(27)24-20(18-8-4-2-5-9-18)19-10-6-3-7-11-19/h2-11,20H,12-17H2,1H3,(H2,23,24,27). The summed E-state index contributed by atoms with van der Waals surface area (Å²) >= 11 is 0. The van der Waals surface area contributed by atoms with Crippen molar-refractivity contribution in [1.29, 1.82) is 0 Å². The summed E-state index contributed by atoms with van der Waals surface area (Å²) in [6, 6.07) is 19.5. The molecule has 1 saturated heterocycles. The van der Waals surface area contributed by atoms with Crippen LogP contribution in [-0.4, -0.2) is 68.3 Å². The summed E-state index contributed by atoms with van der Waals surface area (Å²) in [5.41, 5.74) is 2.07. The van der Waals surface area contributed by atoms with E-state index >= 15 is 0 Å². The van der Waals surface area contributed by atoms with Crippen LogP contribution in [0, 0.1) is 0 Å². The quantitative estimate of drug-likeness (QED) is 0.787. The fraction of sp³-hybridized carbons (Fsp3) is 0.364. The number of urea groups is 1. The smallest absolute Gasteiger partial charge is 0.409 e. The second kappa shape index (κ2) is 10.5. The number of piperazine rings is 1. The minimum atomic E-state index is -0.282. The van der Waals surface area contributed by atoms with Crippen LogP contribution in [0.1, 0.15) is 17.2 Å². The van der Waals surface area contributed by atoms with Gasteiger partial charge in [-0.15, -0.1) is 0 Å². The van der Waals surface area contributed by atoms with E-state index in [2.05, 4.69) is 15.5 Å². The van der Waals surface area contributed by atoms with Gasteiger partial charge in [0, 0.05) is 39.3 Å². The van der Waals surface area contributed by atoms with Gasteiger partial charge >= 0.3 is 12.1 Å². The molecule has 0 bridgehead atoms. The van der Waals surface area contributed by atoms with Gasteiger partial charge < -0.3 is 20.3 Å². The van der Waals surface area contributed by atoms with Crippen LogP contribution < -0.4 is 10.6 Å². The molecule has 2 N–H and O–H groups in total. The van der Waals surface area contributed by atoms with Gasteiger partial charge in [-0.25, -0.2) is 9.59 Å². The average Bonchev–Trinajstić information content (AvgIpc) is 2.78. The van der Waals surface area contributed by atoms with Crippen LogP contribution in [0.2, 0.25) is 0 Å². The van der Waals surface area contributed by atoms with Crippen molar-refractivity contribution >= 4 is 12.1 Å². The Labute approximate surface area is 171 Å². The van der Waals surface area contributed by atoms with E-state index in [-0.39, 0.29) is 18.2 Å². The molecular formula is C22H28N4O3. The van der Waals surface area contributed by atoms with Crippen molar-refractivity contribution in [2.45, 2.75) is 6.04 Å². The fourth-order valence-electron chi connectivity index (χ4n) is 3.44. The van der Waals surface area contributed by atoms with Crippen LogP contribution in [0.25, 0.3) is 0 Å². The van der Waals surface area contributed by atoms with Gasteiger partial charge in [0.05, 0.1) is 13.2 Å². The van der Waals surface area contributed by atoms with E-state index in [1.807, 2.05) is 60.7 Å². The molecule has 7 heteroatoms. The Morgan fingerprint density at radius 3 is 2.00 bits per heavy atom. The SMILES string of the molecule is COC(=O)N1CCN(CCNC(=O)NC(c2ccccc2)c2ccccc2)CC1. The molecule has 0 unspecified atom stereocenters. The van der Waals surface area contributed by atoms with Crippen molar-refractivity contribution in [3.05, 3.63) is 71.8 Å². The third-order valence-electron chi connectivity index (χ3n) is 5.06. The second-order valence-corrected chi connectivity index (χ2v) is 6.95. The van der Waals surface area contributed by atoms with Gasteiger partial charge in [-0.05, 0) is 11.1 Å². The average molecular weight is 396 g/mol. The van der Waals surface area contributed by atoms with Crippen molar-refractivity contribution < 1.29 is 14.3 Å². The maximum atomic E-state index is 12.5. The highest BCUT2D eigenvalue weighted by Crippen LogP contribution is 2.21. The lowest BCUT2D eigenvalue weighted by Gasteiger charge is -2.33. The van der Waals surface area contributed by atoms with Gasteiger partial charge in [0.1, 0.15) is 0 Å². The topological polar surface area (TPSA) is 73.9 Å². The Morgan fingerprint density at radius 2 is 1.48 bits per heavy atom. The van der Waals surface area contributed by atoms with Gasteiger partial charge in [0.25, 0.3) is 0 Å². The number of amides is 3. The van der Waals surface area contributed by atoms with Gasteiger partial charge in [-0.1, -0.05) is 60.7 Å². The molecule has 0 spiro atoms. The van der Waals surface area contributed by atoms with Crippen LogP contribution in [0.3, 0.4) is 0 Å². The first kappa shape index (κ1) is 20.7. The lowest BCUT2D eigenvalue weighted by Crippen LogP contribution is -2.50. The summed E-state index contributed by atoms with van der Waals surface area (Å²) in [7, 11) is 1.40. The third-order valence-corrected chi connectivity index (χ3v) is 5.06. The molecule has 2 aromatic carbocycles. The maximum absolute atomic E-state index is 12.5. The van der Waals surface area contributed by atoms with Crippen molar-refractivity contribution in [3.8, 4) is 0 Å². The molecule has 0 aliphatic carbocycles. The summed E-state index contributed by atoms with van der Waals surface area (Å²) in [6.45, 7) is 4.11. The van der Waals surface area contributed by atoms with Crippen LogP contribution in [0.4, 0.5) is 9.59 Å². The van der Waals surface area contributed by atoms with Gasteiger partial charge in [-0.2, -0.15) is 0 Å². The van der Waals surface area contributed by atoms with E-state index in [0.717, 1.165) is 30.8 Å². The summed E-state index contributed by atoms with van der Waals surface area (Å²) in [5.74, 6) is 0. The number of carbonyl (C=O) groups is 2. The first-order chi connectivity index (χ1) is 14.2. The third kappa shape index (κ3) is 5.96. The Balaban J connectivity index is 1.48. The molecule has 7 nitrogen and oxygen atoms in total. The zero-order valence-electron chi connectivity index (χ0n) is 16.7. The molecule has 2 aromatic rings. The Kier molecular flexibility index (Phi) is 7.47. The predicted molar refractivity (Wildman–Crippen MR) is 112 cm³/mol. The molecule has 0 aromatic heterocycles. The number of carbonyl (C=O) groups excluding carboxylic acids is 2. The van der Waals surface area contributed by atoms with Crippen molar-refractivity contribution in [1.82, 2.24) is 20.4 Å². The molecule has 1 aliphatic heterocycles. The zero-order chi connectivity index (χ0) is 20.5. The number of nitrogens with one attached hydrogen (secondary N) is 2. The van der Waals surface area contributed by atoms with E-state index in [1.165, 1.54) is 7.11 Å². The first-order valence-corrected chi connectivity index (χ1v) is 9.87. The largest absolute Gasteiger partial charge is 0.453 e. The normalized spacial score (nSPS) is 14.5. The van der Waals surface area contributed by atoms with Gasteiger partial charge in [-0.3, -0.25) is 4.90 Å². The molecule has 1 fully saturated rings. The number of hydrogen-bond acceptors (Lipinski definition) is 4. The molecule has 1 heterocycles. The van der Waals surface area contributed by atoms with Crippen LogP contribution >= 0.6 is 0 Å². The predicted octanol–water partition coefficient (Wildman–Crippen LogP) is 2.46. The lowest BCUT2D eigenvalue weighted by molar-refractivity contribution is 0.0915. The fourth-order valence-corrected chi connectivity index (χ4v) is 3.44. The highest BCUT2D eigenvalue weighted by atomic mass is 16.5. The second-order valence-electron chi connectivity index (χ2n) is 6.95. The van der Waals surface area contributed by atoms with Gasteiger partial charge in [0.15, 0.2) is 0 Å². The Morgan fingerprint density at radius 1 is 0.931 bits per heavy atom. The van der Waals surface area contributed by atoms with Crippen LogP contribution in [0.15, 0.2) is 60.7 Å². The Hall–Kier alpha value is -3.06. The molecule has 29 heavy (non-hydrogen) atoms. The lowest BCUT2D eigenvalue weighted by atomic mass is 9.99. The number of ether oxygens (including phenoxy) is 1. The van der Waals surface area contributed by atoms with E-state index in [9.17, 15) is 9.59 Å². The number of methoxy groups -OCH3 is 1. The number of rotatable bonds is 6. The molecule has 3 amide bonds. The minimum Gasteiger partial charge on any atom is -0.453 e. The van der Waals surface area contributed by atoms with Crippen LogP contribution in [0.5, 0.6) is 0 Å². The molecule has 1 aliphatic rings. The first-order valence-electron chi connectivity index (χ1n) is 9.87. The van der Waals surface area contributed by atoms with Crippen LogP contribution in [-0.2, 0) is 4.74 Å². The number of nitrogens with zero attached hydrogens (tertiary/aromatic N) is 2. The van der Waals surface area contributed by atoms with E-state index in [4.69, 9.17) is 4.74 Å². The molecule has 0 atom stereocenters. The number of hydrogen-bond donors (Lipinski definition) is 2. The zero-order valence-corrected chi connectivity index (χ0v) is 16.7. The van der Waals surface area contributed by atoms with E-state index in [1.54, 1.807) is 4.90 Å². The number of benzene rings is 2. The minimum absolute atomic E-state index is 0.198. The molecule has 154 valence electrons. The molecule has 0 saturated carbocycles. The monoisotopic (exact) mass is 396 g/mol. The molecule has 0 radical (unpaired) electrons. The van der Waals surface area contributed by atoms with Gasteiger partial charge in [0.2, 0.25) is 0 Å². The van der Waals surface area contributed by atoms with E-state index < -0.39 is 0 Å². The molecular weight excluding hydrogens is 368 g/mol. The summed E-state index contributed by atoms with van der Waals surface area (Å²) in [5, 5.41) is 6.03. The summed E-state index contributed by atoms with van der Waals surface area (Å²) in [6.07, 6.45) is -0.282. The van der Waals surface area contributed by atoms with Crippen molar-refractivity contribution in [2.75, 3.05) is 46.4 Å². The van der Waals surface area contributed by atoms with E-state index in [0.29, 0.717) is 19.6 Å². The van der Waals surface area contributed by atoms with Crippen molar-refractivity contribution in [3.63, 3.8) is 0 Å².